The van der Waals surface area contributed by atoms with Crippen molar-refractivity contribution in [1.82, 2.24) is 4.57 Å². The zero-order valence-electron chi connectivity index (χ0n) is 15.9. The number of allylic oxidation sites excluding steroid dienone is 4. The molecule has 5 heteroatoms. The Kier molecular flexibility index (Phi) is 4.52. The van der Waals surface area contributed by atoms with Crippen LogP contribution in [0.15, 0.2) is 48.3 Å². The van der Waals surface area contributed by atoms with E-state index < -0.39 is 0 Å². The maximum atomic E-state index is 12.8. The third-order valence-electron chi connectivity index (χ3n) is 5.45. The molecule has 1 aliphatic carbocycles. The van der Waals surface area contributed by atoms with Crippen LogP contribution in [0.4, 0.5) is 0 Å². The van der Waals surface area contributed by atoms with Crippen molar-refractivity contribution in [1.29, 1.82) is 0 Å². The minimum atomic E-state index is 0.104. The zero-order chi connectivity index (χ0) is 19.0. The summed E-state index contributed by atoms with van der Waals surface area (Å²) in [6, 6.07) is 8.70. The van der Waals surface area contributed by atoms with E-state index in [9.17, 15) is 5.21 Å². The van der Waals surface area contributed by atoms with Crippen molar-refractivity contribution in [2.75, 3.05) is 14.2 Å². The highest BCUT2D eigenvalue weighted by Crippen LogP contribution is 2.38. The number of hydrogen-bond acceptors (Lipinski definition) is 3. The molecule has 1 aliphatic heterocycles. The Morgan fingerprint density at radius 1 is 1.15 bits per heavy atom. The Morgan fingerprint density at radius 2 is 1.93 bits per heavy atom. The molecule has 0 unspecified atom stereocenters. The van der Waals surface area contributed by atoms with Gasteiger partial charge in [0.1, 0.15) is 0 Å². The summed E-state index contributed by atoms with van der Waals surface area (Å²) in [4.78, 5) is 0. The van der Waals surface area contributed by atoms with Crippen LogP contribution in [0, 0.1) is 11.1 Å². The third kappa shape index (κ3) is 3.03. The molecule has 5 nitrogen and oxygen atoms in total. The highest BCUT2D eigenvalue weighted by Gasteiger charge is 2.32. The van der Waals surface area contributed by atoms with E-state index in [0.29, 0.717) is 18.0 Å². The lowest BCUT2D eigenvalue weighted by molar-refractivity contribution is -0.404. The van der Waals surface area contributed by atoms with Crippen LogP contribution in [0.25, 0.3) is 5.57 Å². The number of fused-ring (bicyclic) bond motifs is 2. The van der Waals surface area contributed by atoms with E-state index >= 15 is 0 Å². The fourth-order valence-corrected chi connectivity index (χ4v) is 3.92. The maximum absolute atomic E-state index is 12.8. The molecule has 0 saturated heterocycles. The van der Waals surface area contributed by atoms with E-state index in [0.717, 1.165) is 29.0 Å². The summed E-state index contributed by atoms with van der Waals surface area (Å²) in [5, 5.41) is 12.8. The van der Waals surface area contributed by atoms with Gasteiger partial charge in [0.25, 0.3) is 0 Å². The fraction of sp³-hybridized carbons (Fsp3) is 0.318. The average Bonchev–Trinajstić information content (AvgIpc) is 2.97. The van der Waals surface area contributed by atoms with Crippen molar-refractivity contribution < 1.29 is 14.2 Å². The van der Waals surface area contributed by atoms with Crippen molar-refractivity contribution in [2.45, 2.75) is 26.3 Å². The van der Waals surface area contributed by atoms with Crippen LogP contribution in [0.1, 0.15) is 30.2 Å². The van der Waals surface area contributed by atoms with Gasteiger partial charge in [-0.15, -0.1) is 0 Å². The number of benzene rings is 1. The van der Waals surface area contributed by atoms with Crippen LogP contribution in [0.2, 0.25) is 0 Å². The number of nitrogens with zero attached hydrogens (tertiary/aromatic N) is 2. The lowest BCUT2D eigenvalue weighted by Crippen LogP contribution is -2.18. The van der Waals surface area contributed by atoms with Gasteiger partial charge in [-0.2, -0.15) is 4.74 Å². The van der Waals surface area contributed by atoms with Gasteiger partial charge in [0.15, 0.2) is 22.9 Å². The molecule has 27 heavy (non-hydrogen) atoms. The van der Waals surface area contributed by atoms with Gasteiger partial charge in [-0.1, -0.05) is 37.3 Å². The summed E-state index contributed by atoms with van der Waals surface area (Å²) in [7, 11) is 3.21. The molecular weight excluding hydrogens is 340 g/mol. The van der Waals surface area contributed by atoms with E-state index in [1.165, 1.54) is 16.7 Å². The first-order valence-electron chi connectivity index (χ1n) is 9.27. The van der Waals surface area contributed by atoms with E-state index in [-0.39, 0.29) is 5.92 Å². The first kappa shape index (κ1) is 17.5. The smallest absolute Gasteiger partial charge is 0.208 e. The summed E-state index contributed by atoms with van der Waals surface area (Å²) in [5.74, 6) is 1.35. The number of rotatable bonds is 4. The van der Waals surface area contributed by atoms with Gasteiger partial charge in [-0.25, -0.2) is 0 Å². The second kappa shape index (κ2) is 6.99. The molecular formula is C22H24N2O3. The summed E-state index contributed by atoms with van der Waals surface area (Å²) in [6.07, 6.45) is 9.39. The molecule has 0 amide bonds. The summed E-state index contributed by atoms with van der Waals surface area (Å²) >= 11 is 0. The molecule has 0 fully saturated rings. The largest absolute Gasteiger partial charge is 0.618 e. The predicted molar refractivity (Wildman–Crippen MR) is 106 cm³/mol. The van der Waals surface area contributed by atoms with Crippen LogP contribution in [0.3, 0.4) is 0 Å². The molecule has 0 saturated carbocycles. The van der Waals surface area contributed by atoms with Gasteiger partial charge in [-0.3, -0.25) is 0 Å². The quantitative estimate of drug-likeness (QED) is 0.609. The van der Waals surface area contributed by atoms with E-state index in [1.54, 1.807) is 20.4 Å². The lowest BCUT2D eigenvalue weighted by Gasteiger charge is -2.22. The maximum Gasteiger partial charge on any atom is 0.208 e. The van der Waals surface area contributed by atoms with Crippen LogP contribution >= 0.6 is 0 Å². The lowest BCUT2D eigenvalue weighted by atomic mass is 9.87. The molecule has 0 bridgehead atoms. The standard InChI is InChI=1S/C22H24N2O3/c1-4-15-5-7-16(8-6-15)17-9-10-19-18(11-17)12-23-14-21(26-2)22(27-3)20(23)13-24(19)25/h5-10,13-14,18H,4,11-12H2,1-3H3/t18-/m0/s1. The molecule has 0 spiro atoms. The molecule has 1 aromatic carbocycles. The van der Waals surface area contributed by atoms with Gasteiger partial charge < -0.3 is 19.2 Å². The summed E-state index contributed by atoms with van der Waals surface area (Å²) < 4.78 is 13.9. The van der Waals surface area contributed by atoms with Crippen molar-refractivity contribution in [3.05, 3.63) is 70.3 Å². The monoisotopic (exact) mass is 364 g/mol. The van der Waals surface area contributed by atoms with Gasteiger partial charge in [0, 0.05) is 12.6 Å². The van der Waals surface area contributed by atoms with E-state index in [1.807, 2.05) is 12.3 Å². The molecule has 2 aromatic rings. The minimum absolute atomic E-state index is 0.104. The second-order valence-electron chi connectivity index (χ2n) is 6.96. The van der Waals surface area contributed by atoms with Gasteiger partial charge in [-0.05, 0) is 29.5 Å². The number of ether oxygens (including phenoxy) is 2. The number of aryl methyl sites for hydroxylation is 1. The van der Waals surface area contributed by atoms with Crippen molar-refractivity contribution in [3.63, 3.8) is 0 Å². The number of hydrogen-bond donors (Lipinski definition) is 0. The van der Waals surface area contributed by atoms with Crippen molar-refractivity contribution in [2.24, 2.45) is 5.92 Å². The van der Waals surface area contributed by atoms with Gasteiger partial charge in [0.05, 0.1) is 26.3 Å². The molecule has 140 valence electrons. The van der Waals surface area contributed by atoms with Crippen LogP contribution < -0.4 is 9.47 Å². The van der Waals surface area contributed by atoms with E-state index in [4.69, 9.17) is 9.47 Å². The summed E-state index contributed by atoms with van der Waals surface area (Å²) in [6.45, 7) is 2.87. The Bertz CT molecular complexity index is 949. The Labute approximate surface area is 159 Å². The first-order chi connectivity index (χ1) is 13.1. The predicted octanol–water partition coefficient (Wildman–Crippen LogP) is 4.00. The van der Waals surface area contributed by atoms with Crippen LogP contribution in [0.5, 0.6) is 11.5 Å². The number of aromatic nitrogens is 1. The first-order valence-corrected chi connectivity index (χ1v) is 9.27. The SMILES string of the molecule is CCc1ccc(C2=CC=C3[C@@H](C2)Cn2cc(OC)c(OC)c2C=[N+]3[O-])cc1. The molecule has 4 rings (SSSR count). The Morgan fingerprint density at radius 3 is 2.59 bits per heavy atom. The number of hydroxylamine groups is 1. The fourth-order valence-electron chi connectivity index (χ4n) is 3.92. The Balaban J connectivity index is 1.69. The molecule has 1 aromatic heterocycles. The minimum Gasteiger partial charge on any atom is -0.618 e. The van der Waals surface area contributed by atoms with Crippen LogP contribution in [-0.4, -0.2) is 29.7 Å². The molecule has 1 atom stereocenters. The van der Waals surface area contributed by atoms with Gasteiger partial charge in [0.2, 0.25) is 6.21 Å². The highest BCUT2D eigenvalue weighted by molar-refractivity contribution is 5.81. The van der Waals surface area contributed by atoms with Crippen molar-refractivity contribution >= 4 is 11.8 Å². The topological polar surface area (TPSA) is 49.5 Å². The Hall–Kier alpha value is -2.95. The molecule has 0 N–H and O–H groups in total. The number of methoxy groups -OCH3 is 2. The van der Waals surface area contributed by atoms with Crippen LogP contribution in [-0.2, 0) is 13.0 Å². The van der Waals surface area contributed by atoms with Gasteiger partial charge >= 0.3 is 0 Å². The molecule has 2 heterocycles. The molecule has 0 radical (unpaired) electrons. The van der Waals surface area contributed by atoms with Crippen molar-refractivity contribution in [3.8, 4) is 11.5 Å². The van der Waals surface area contributed by atoms with E-state index in [2.05, 4.69) is 41.8 Å². The highest BCUT2D eigenvalue weighted by atomic mass is 16.5. The summed E-state index contributed by atoms with van der Waals surface area (Å²) in [5.41, 5.74) is 5.34. The third-order valence-corrected chi connectivity index (χ3v) is 5.45. The molecule has 2 aliphatic rings. The zero-order valence-corrected chi connectivity index (χ0v) is 15.9. The second-order valence-corrected chi connectivity index (χ2v) is 6.96. The normalized spacial score (nSPS) is 18.5. The average molecular weight is 364 g/mol.